The third-order valence-corrected chi connectivity index (χ3v) is 4.22. The standard InChI is InChI=1S/C8H6F6N2O4S2/c9-7(10,11)21(17,18)15-5-3-1-2-4-6(5)16-22(19,20)8(12,13)14/h1-4,15-16H. The zero-order valence-corrected chi connectivity index (χ0v) is 11.7. The average Bonchev–Trinajstić information content (AvgIpc) is 2.28. The van der Waals surface area contributed by atoms with Crippen molar-refractivity contribution < 1.29 is 43.2 Å². The number of benzene rings is 1. The topological polar surface area (TPSA) is 92.3 Å². The fourth-order valence-electron chi connectivity index (χ4n) is 1.07. The van der Waals surface area contributed by atoms with E-state index in [4.69, 9.17) is 0 Å². The van der Waals surface area contributed by atoms with E-state index in [1.54, 1.807) is 0 Å². The third-order valence-electron chi connectivity index (χ3n) is 2.03. The largest absolute Gasteiger partial charge is 0.516 e. The van der Waals surface area contributed by atoms with Gasteiger partial charge in [-0.1, -0.05) is 12.1 Å². The van der Waals surface area contributed by atoms with Crippen molar-refractivity contribution >= 4 is 31.4 Å². The van der Waals surface area contributed by atoms with Crippen LogP contribution in [0.1, 0.15) is 0 Å². The van der Waals surface area contributed by atoms with Gasteiger partial charge in [0.1, 0.15) is 0 Å². The van der Waals surface area contributed by atoms with E-state index in [2.05, 4.69) is 0 Å². The summed E-state index contributed by atoms with van der Waals surface area (Å²) in [5.74, 6) is 0. The van der Waals surface area contributed by atoms with E-state index in [-0.39, 0.29) is 0 Å². The molecule has 0 amide bonds. The molecular formula is C8H6F6N2O4S2. The molecule has 2 N–H and O–H groups in total. The van der Waals surface area contributed by atoms with Crippen LogP contribution in [0.15, 0.2) is 24.3 Å². The van der Waals surface area contributed by atoms with Crippen molar-refractivity contribution in [1.82, 2.24) is 0 Å². The van der Waals surface area contributed by atoms with E-state index in [1.165, 1.54) is 0 Å². The Morgan fingerprint density at radius 3 is 1.18 bits per heavy atom. The van der Waals surface area contributed by atoms with Crippen molar-refractivity contribution in [2.75, 3.05) is 9.44 Å². The van der Waals surface area contributed by atoms with E-state index in [9.17, 15) is 43.2 Å². The van der Waals surface area contributed by atoms with Crippen LogP contribution in [0.2, 0.25) is 0 Å². The molecule has 1 aromatic carbocycles. The highest BCUT2D eigenvalue weighted by molar-refractivity contribution is 7.94. The minimum Gasteiger partial charge on any atom is -0.274 e. The van der Waals surface area contributed by atoms with Crippen LogP contribution >= 0.6 is 0 Å². The van der Waals surface area contributed by atoms with E-state index in [0.717, 1.165) is 21.6 Å². The Morgan fingerprint density at radius 1 is 0.682 bits per heavy atom. The second kappa shape index (κ2) is 5.49. The highest BCUT2D eigenvalue weighted by Crippen LogP contribution is 2.32. The molecule has 0 bridgehead atoms. The molecule has 1 aromatic rings. The number of hydrogen-bond donors (Lipinski definition) is 2. The fraction of sp³-hybridized carbons (Fsp3) is 0.250. The quantitative estimate of drug-likeness (QED) is 0.793. The third kappa shape index (κ3) is 3.94. The monoisotopic (exact) mass is 372 g/mol. The normalized spacial score (nSPS) is 13.7. The van der Waals surface area contributed by atoms with Crippen molar-refractivity contribution in [3.63, 3.8) is 0 Å². The van der Waals surface area contributed by atoms with Gasteiger partial charge in [-0.15, -0.1) is 0 Å². The maximum Gasteiger partial charge on any atom is 0.516 e. The van der Waals surface area contributed by atoms with Crippen LogP contribution in [0.4, 0.5) is 37.7 Å². The van der Waals surface area contributed by atoms with Gasteiger partial charge in [0.15, 0.2) is 0 Å². The van der Waals surface area contributed by atoms with Gasteiger partial charge in [0, 0.05) is 0 Å². The smallest absolute Gasteiger partial charge is 0.274 e. The second-order valence-corrected chi connectivity index (χ2v) is 7.00. The molecule has 0 unspecified atom stereocenters. The van der Waals surface area contributed by atoms with E-state index >= 15 is 0 Å². The lowest BCUT2D eigenvalue weighted by molar-refractivity contribution is -0.0436. The summed E-state index contributed by atoms with van der Waals surface area (Å²) in [5, 5.41) is 0. The van der Waals surface area contributed by atoms with Crippen molar-refractivity contribution in [3.8, 4) is 0 Å². The van der Waals surface area contributed by atoms with Gasteiger partial charge in [-0.2, -0.15) is 43.2 Å². The molecule has 0 saturated carbocycles. The van der Waals surface area contributed by atoms with Gasteiger partial charge in [-0.3, -0.25) is 9.44 Å². The van der Waals surface area contributed by atoms with E-state index in [1.807, 2.05) is 0 Å². The van der Waals surface area contributed by atoms with Crippen LogP contribution in [-0.2, 0) is 20.0 Å². The molecule has 0 radical (unpaired) electrons. The summed E-state index contributed by atoms with van der Waals surface area (Å²) in [5.41, 5.74) is -13.5. The van der Waals surface area contributed by atoms with Crippen molar-refractivity contribution in [2.24, 2.45) is 0 Å². The lowest BCUT2D eigenvalue weighted by atomic mass is 10.3. The Balaban J connectivity index is 3.23. The predicted octanol–water partition coefficient (Wildman–Crippen LogP) is 2.21. The SMILES string of the molecule is O=S(=O)(Nc1ccccc1NS(=O)(=O)C(F)(F)F)C(F)(F)F. The first-order valence-electron chi connectivity index (χ1n) is 4.94. The molecule has 14 heteroatoms. The molecule has 0 fully saturated rings. The average molecular weight is 372 g/mol. The minimum absolute atomic E-state index is 0.650. The Bertz CT molecular complexity index is 689. The predicted molar refractivity (Wildman–Crippen MR) is 63.6 cm³/mol. The van der Waals surface area contributed by atoms with Crippen LogP contribution in [0.5, 0.6) is 0 Å². The fourth-order valence-corrected chi connectivity index (χ4v) is 2.23. The van der Waals surface area contributed by atoms with Gasteiger partial charge in [0.25, 0.3) is 0 Å². The Kier molecular flexibility index (Phi) is 4.58. The van der Waals surface area contributed by atoms with Gasteiger partial charge >= 0.3 is 31.1 Å². The molecule has 0 heterocycles. The molecule has 0 aliphatic rings. The van der Waals surface area contributed by atoms with Gasteiger partial charge in [0.05, 0.1) is 11.4 Å². The molecule has 0 aliphatic carbocycles. The number of sulfonamides is 2. The van der Waals surface area contributed by atoms with Crippen LogP contribution in [0.3, 0.4) is 0 Å². The number of halogens is 6. The number of para-hydroxylation sites is 2. The maximum atomic E-state index is 12.2. The summed E-state index contributed by atoms with van der Waals surface area (Å²) in [4.78, 5) is 0. The minimum atomic E-state index is -5.93. The Morgan fingerprint density at radius 2 is 0.955 bits per heavy atom. The van der Waals surface area contributed by atoms with Gasteiger partial charge in [0.2, 0.25) is 0 Å². The molecule has 6 nitrogen and oxygen atoms in total. The summed E-state index contributed by atoms with van der Waals surface area (Å²) in [6.07, 6.45) is 0. The van der Waals surface area contributed by atoms with Crippen LogP contribution in [0.25, 0.3) is 0 Å². The Hall–Kier alpha value is -1.70. The van der Waals surface area contributed by atoms with E-state index < -0.39 is 42.4 Å². The van der Waals surface area contributed by atoms with E-state index in [0.29, 0.717) is 12.1 Å². The first-order valence-corrected chi connectivity index (χ1v) is 7.91. The molecule has 126 valence electrons. The summed E-state index contributed by atoms with van der Waals surface area (Å²) in [6, 6.07) is 3.27. The first-order chi connectivity index (χ1) is 9.67. The lowest BCUT2D eigenvalue weighted by Gasteiger charge is -2.16. The summed E-state index contributed by atoms with van der Waals surface area (Å²) in [7, 11) is -11.9. The van der Waals surface area contributed by atoms with Crippen LogP contribution in [-0.4, -0.2) is 27.9 Å². The van der Waals surface area contributed by atoms with Crippen molar-refractivity contribution in [2.45, 2.75) is 11.0 Å². The first kappa shape index (κ1) is 18.3. The summed E-state index contributed by atoms with van der Waals surface area (Å²) >= 11 is 0. The van der Waals surface area contributed by atoms with Crippen LogP contribution in [0, 0.1) is 0 Å². The van der Waals surface area contributed by atoms with Crippen molar-refractivity contribution in [1.29, 1.82) is 0 Å². The molecule has 0 aliphatic heterocycles. The van der Waals surface area contributed by atoms with Gasteiger partial charge in [-0.25, -0.2) is 0 Å². The molecule has 0 aromatic heterocycles. The lowest BCUT2D eigenvalue weighted by Crippen LogP contribution is -2.32. The van der Waals surface area contributed by atoms with Crippen molar-refractivity contribution in [3.05, 3.63) is 24.3 Å². The number of hydrogen-bond acceptors (Lipinski definition) is 4. The molecular weight excluding hydrogens is 366 g/mol. The molecule has 0 atom stereocenters. The number of alkyl halides is 6. The second-order valence-electron chi connectivity index (χ2n) is 3.65. The highest BCUT2D eigenvalue weighted by Gasteiger charge is 2.48. The molecule has 1 rings (SSSR count). The van der Waals surface area contributed by atoms with Crippen LogP contribution < -0.4 is 9.44 Å². The zero-order valence-electron chi connectivity index (χ0n) is 10.0. The van der Waals surface area contributed by atoms with Gasteiger partial charge < -0.3 is 0 Å². The highest BCUT2D eigenvalue weighted by atomic mass is 32.2. The number of nitrogens with one attached hydrogen (secondary N) is 2. The maximum absolute atomic E-state index is 12.2. The van der Waals surface area contributed by atoms with Gasteiger partial charge in [-0.05, 0) is 12.1 Å². The molecule has 22 heavy (non-hydrogen) atoms. The summed E-state index contributed by atoms with van der Waals surface area (Å²) < 4.78 is 119. The molecule has 0 spiro atoms. The zero-order chi connectivity index (χ0) is 17.4. The molecule has 0 saturated heterocycles. The Labute approximate surface area is 120 Å². The summed E-state index contributed by atoms with van der Waals surface area (Å²) in [6.45, 7) is 0. The number of rotatable bonds is 4. The number of anilines is 2.